The number of nitrogens with one attached hydrogen (secondary N) is 1. The third kappa shape index (κ3) is 4.24. The van der Waals surface area contributed by atoms with Gasteiger partial charge in [0, 0.05) is 17.2 Å². The van der Waals surface area contributed by atoms with E-state index in [0.717, 1.165) is 19.4 Å². The number of rotatable bonds is 3. The van der Waals surface area contributed by atoms with Crippen molar-refractivity contribution in [3.05, 3.63) is 28.8 Å². The summed E-state index contributed by atoms with van der Waals surface area (Å²) < 4.78 is 5.43. The number of carbonyl (C=O) groups excluding carboxylic acids is 1. The minimum Gasteiger partial charge on any atom is -0.384 e. The van der Waals surface area contributed by atoms with E-state index in [1.54, 1.807) is 18.2 Å². The van der Waals surface area contributed by atoms with Crippen molar-refractivity contribution in [2.24, 2.45) is 0 Å². The van der Waals surface area contributed by atoms with E-state index < -0.39 is 0 Å². The van der Waals surface area contributed by atoms with Crippen molar-refractivity contribution >= 4 is 23.2 Å². The summed E-state index contributed by atoms with van der Waals surface area (Å²) in [5.41, 5.74) is 1.19. The molecule has 1 atom stereocenters. The molecule has 1 unspecified atom stereocenters. The van der Waals surface area contributed by atoms with Gasteiger partial charge in [-0.3, -0.25) is 4.79 Å². The third-order valence-corrected chi connectivity index (χ3v) is 3.23. The van der Waals surface area contributed by atoms with Crippen LogP contribution in [-0.4, -0.2) is 30.3 Å². The van der Waals surface area contributed by atoms with E-state index >= 15 is 0 Å². The normalized spacial score (nSPS) is 17.4. The van der Waals surface area contributed by atoms with Crippen LogP contribution in [0.25, 0.3) is 0 Å². The maximum absolute atomic E-state index is 12.0. The number of aliphatic hydroxyl groups excluding tert-OH is 1. The fraction of sp³-hybridized carbons (Fsp3) is 0.400. The Labute approximate surface area is 123 Å². The van der Waals surface area contributed by atoms with Gasteiger partial charge in [-0.2, -0.15) is 0 Å². The van der Waals surface area contributed by atoms with E-state index in [9.17, 15) is 4.79 Å². The van der Waals surface area contributed by atoms with Gasteiger partial charge in [-0.25, -0.2) is 0 Å². The highest BCUT2D eigenvalue weighted by molar-refractivity contribution is 6.31. The first-order chi connectivity index (χ1) is 9.69. The molecule has 1 aliphatic rings. The topological polar surface area (TPSA) is 58.6 Å². The molecule has 1 aliphatic heterocycles. The van der Waals surface area contributed by atoms with Crippen molar-refractivity contribution in [3.63, 3.8) is 0 Å². The SMILES string of the molecule is O=C(CC1CCCO1)Nc1cc(Cl)ccc1C#CCO. The van der Waals surface area contributed by atoms with Gasteiger partial charge in [0.15, 0.2) is 0 Å². The average Bonchev–Trinajstić information content (AvgIpc) is 2.90. The Kier molecular flexibility index (Phi) is 5.42. The van der Waals surface area contributed by atoms with Crippen LogP contribution in [0.3, 0.4) is 0 Å². The Morgan fingerprint density at radius 3 is 3.10 bits per heavy atom. The summed E-state index contributed by atoms with van der Waals surface area (Å²) in [6.45, 7) is 0.494. The minimum absolute atomic E-state index is 0.00107. The zero-order valence-corrected chi connectivity index (χ0v) is 11.7. The van der Waals surface area contributed by atoms with Crippen LogP contribution in [0.5, 0.6) is 0 Å². The van der Waals surface area contributed by atoms with Crippen molar-refractivity contribution in [1.29, 1.82) is 0 Å². The van der Waals surface area contributed by atoms with Gasteiger partial charge in [-0.05, 0) is 31.0 Å². The minimum atomic E-state index is -0.230. The number of hydrogen-bond acceptors (Lipinski definition) is 3. The second kappa shape index (κ2) is 7.30. The molecule has 0 bridgehead atoms. The Bertz CT molecular complexity index is 542. The Balaban J connectivity index is 2.06. The maximum atomic E-state index is 12.0. The van der Waals surface area contributed by atoms with Crippen LogP contribution in [0.15, 0.2) is 18.2 Å². The number of benzene rings is 1. The molecule has 0 aromatic heterocycles. The fourth-order valence-corrected chi connectivity index (χ4v) is 2.25. The van der Waals surface area contributed by atoms with Gasteiger partial charge in [0.25, 0.3) is 0 Å². The highest BCUT2D eigenvalue weighted by Gasteiger charge is 2.19. The Hall–Kier alpha value is -1.54. The van der Waals surface area contributed by atoms with E-state index in [1.165, 1.54) is 0 Å². The molecule has 1 amide bonds. The first kappa shape index (κ1) is 14.9. The largest absolute Gasteiger partial charge is 0.384 e. The summed E-state index contributed by atoms with van der Waals surface area (Å²) in [5.74, 6) is 5.22. The van der Waals surface area contributed by atoms with Crippen LogP contribution in [-0.2, 0) is 9.53 Å². The van der Waals surface area contributed by atoms with Gasteiger partial charge in [-0.1, -0.05) is 23.4 Å². The van der Waals surface area contributed by atoms with Gasteiger partial charge >= 0.3 is 0 Å². The maximum Gasteiger partial charge on any atom is 0.227 e. The monoisotopic (exact) mass is 293 g/mol. The van der Waals surface area contributed by atoms with Crippen molar-refractivity contribution in [3.8, 4) is 11.8 Å². The van der Waals surface area contributed by atoms with Crippen molar-refractivity contribution in [2.45, 2.75) is 25.4 Å². The number of ether oxygens (including phenoxy) is 1. The zero-order valence-electron chi connectivity index (χ0n) is 11.0. The van der Waals surface area contributed by atoms with Crippen LogP contribution in [0, 0.1) is 11.8 Å². The van der Waals surface area contributed by atoms with Gasteiger partial charge in [-0.15, -0.1) is 0 Å². The lowest BCUT2D eigenvalue weighted by molar-refractivity contribution is -0.118. The molecule has 2 rings (SSSR count). The number of anilines is 1. The second-order valence-corrected chi connectivity index (χ2v) is 4.97. The quantitative estimate of drug-likeness (QED) is 0.840. The average molecular weight is 294 g/mol. The predicted octanol–water partition coefficient (Wildman–Crippen LogP) is 2.19. The molecule has 1 aromatic carbocycles. The number of halogens is 1. The number of carbonyl (C=O) groups is 1. The van der Waals surface area contributed by atoms with E-state index in [2.05, 4.69) is 17.2 Å². The van der Waals surface area contributed by atoms with Gasteiger partial charge in [0.1, 0.15) is 6.61 Å². The van der Waals surface area contributed by atoms with Crippen LogP contribution < -0.4 is 5.32 Å². The molecular weight excluding hydrogens is 278 g/mol. The van der Waals surface area contributed by atoms with Crippen LogP contribution in [0.2, 0.25) is 5.02 Å². The van der Waals surface area contributed by atoms with Gasteiger partial charge in [0.2, 0.25) is 5.91 Å². The molecule has 1 fully saturated rings. The van der Waals surface area contributed by atoms with Crippen LogP contribution in [0.4, 0.5) is 5.69 Å². The van der Waals surface area contributed by atoms with E-state index in [0.29, 0.717) is 22.7 Å². The van der Waals surface area contributed by atoms with Gasteiger partial charge < -0.3 is 15.2 Å². The zero-order chi connectivity index (χ0) is 14.4. The molecule has 1 heterocycles. The molecular formula is C15H16ClNO3. The first-order valence-electron chi connectivity index (χ1n) is 6.50. The molecule has 0 radical (unpaired) electrons. The summed E-state index contributed by atoms with van der Waals surface area (Å²) in [6, 6.07) is 5.06. The molecule has 0 aliphatic carbocycles. The van der Waals surface area contributed by atoms with E-state index in [-0.39, 0.29) is 18.6 Å². The molecule has 1 aromatic rings. The van der Waals surface area contributed by atoms with Crippen molar-refractivity contribution in [2.75, 3.05) is 18.5 Å². The number of aliphatic hydroxyl groups is 1. The standard InChI is InChI=1S/C15H16ClNO3/c16-12-6-5-11(3-1-7-18)14(9-12)17-15(19)10-13-4-2-8-20-13/h5-6,9,13,18H,2,4,7-8,10H2,(H,17,19). The smallest absolute Gasteiger partial charge is 0.227 e. The summed E-state index contributed by atoms with van der Waals surface area (Å²) in [6.07, 6.45) is 2.25. The molecule has 4 nitrogen and oxygen atoms in total. The van der Waals surface area contributed by atoms with Crippen molar-refractivity contribution < 1.29 is 14.6 Å². The fourth-order valence-electron chi connectivity index (χ4n) is 2.08. The third-order valence-electron chi connectivity index (χ3n) is 2.99. The second-order valence-electron chi connectivity index (χ2n) is 4.54. The molecule has 0 saturated carbocycles. The molecule has 2 N–H and O–H groups in total. The number of hydrogen-bond donors (Lipinski definition) is 2. The highest BCUT2D eigenvalue weighted by atomic mass is 35.5. The predicted molar refractivity (Wildman–Crippen MR) is 77.6 cm³/mol. The van der Waals surface area contributed by atoms with E-state index in [4.69, 9.17) is 21.4 Å². The summed E-state index contributed by atoms with van der Waals surface area (Å²) in [7, 11) is 0. The first-order valence-corrected chi connectivity index (χ1v) is 6.87. The lowest BCUT2D eigenvalue weighted by Crippen LogP contribution is -2.19. The molecule has 5 heteroatoms. The Morgan fingerprint density at radius 2 is 2.40 bits per heavy atom. The van der Waals surface area contributed by atoms with Gasteiger partial charge in [0.05, 0.1) is 18.2 Å². The van der Waals surface area contributed by atoms with Crippen LogP contribution in [0.1, 0.15) is 24.8 Å². The molecule has 106 valence electrons. The van der Waals surface area contributed by atoms with E-state index in [1.807, 2.05) is 0 Å². The molecule has 20 heavy (non-hydrogen) atoms. The highest BCUT2D eigenvalue weighted by Crippen LogP contribution is 2.22. The lowest BCUT2D eigenvalue weighted by Gasteiger charge is -2.11. The molecule has 0 spiro atoms. The Morgan fingerprint density at radius 1 is 1.55 bits per heavy atom. The lowest BCUT2D eigenvalue weighted by atomic mass is 10.1. The summed E-state index contributed by atoms with van der Waals surface area (Å²) in [4.78, 5) is 12.0. The molecule has 1 saturated heterocycles. The van der Waals surface area contributed by atoms with Crippen LogP contribution >= 0.6 is 11.6 Å². The summed E-state index contributed by atoms with van der Waals surface area (Å²) >= 11 is 5.93. The summed E-state index contributed by atoms with van der Waals surface area (Å²) in [5, 5.41) is 12.1. The van der Waals surface area contributed by atoms with Crippen molar-refractivity contribution in [1.82, 2.24) is 0 Å². The number of amides is 1.